The van der Waals surface area contributed by atoms with E-state index in [1.54, 1.807) is 29.0 Å². The van der Waals surface area contributed by atoms with E-state index in [-0.39, 0.29) is 18.5 Å². The van der Waals surface area contributed by atoms with Gasteiger partial charge in [-0.2, -0.15) is 0 Å². The van der Waals surface area contributed by atoms with E-state index in [0.29, 0.717) is 10.6 Å². The molecule has 0 spiro atoms. The van der Waals surface area contributed by atoms with Gasteiger partial charge in [-0.25, -0.2) is 0 Å². The summed E-state index contributed by atoms with van der Waals surface area (Å²) in [7, 11) is 0. The van der Waals surface area contributed by atoms with Crippen LogP contribution >= 0.6 is 11.6 Å². The number of hydrogen-bond donors (Lipinski definition) is 1. The molecular formula is C16H19ClN2O2. The molecule has 1 atom stereocenters. The number of fused-ring (bicyclic) bond motifs is 1. The number of carbonyl (C=O) groups excluding carboxylic acids is 2. The standard InChI is InChI=1S/C16H19ClN2O2/c1-3-4-11(2)18-16(21)9-19-8-12(10-20)14-6-5-13(17)7-15(14)19/h5-8,10-11H,3-4,9H2,1-2H3,(H,18,21). The molecule has 0 aliphatic carbocycles. The van der Waals surface area contributed by atoms with Crippen LogP contribution in [0.3, 0.4) is 0 Å². The van der Waals surface area contributed by atoms with Gasteiger partial charge in [-0.05, 0) is 25.5 Å². The molecule has 0 bridgehead atoms. The number of amides is 1. The average Bonchev–Trinajstić information content (AvgIpc) is 2.76. The van der Waals surface area contributed by atoms with Gasteiger partial charge in [0.05, 0.1) is 5.52 Å². The van der Waals surface area contributed by atoms with Crippen LogP contribution in [0, 0.1) is 0 Å². The molecule has 1 N–H and O–H groups in total. The van der Waals surface area contributed by atoms with Crippen molar-refractivity contribution in [3.8, 4) is 0 Å². The van der Waals surface area contributed by atoms with Gasteiger partial charge in [-0.15, -0.1) is 0 Å². The SMILES string of the molecule is CCCC(C)NC(=O)Cn1cc(C=O)c2ccc(Cl)cc21. The van der Waals surface area contributed by atoms with Gasteiger partial charge < -0.3 is 9.88 Å². The third-order valence-electron chi connectivity index (χ3n) is 3.45. The van der Waals surface area contributed by atoms with Gasteiger partial charge in [0, 0.05) is 28.2 Å². The van der Waals surface area contributed by atoms with E-state index >= 15 is 0 Å². The van der Waals surface area contributed by atoms with Crippen molar-refractivity contribution in [1.29, 1.82) is 0 Å². The molecule has 0 aliphatic heterocycles. The molecule has 0 saturated carbocycles. The molecule has 21 heavy (non-hydrogen) atoms. The number of hydrogen-bond acceptors (Lipinski definition) is 2. The van der Waals surface area contributed by atoms with E-state index in [1.165, 1.54) is 0 Å². The number of nitrogens with one attached hydrogen (secondary N) is 1. The topological polar surface area (TPSA) is 51.1 Å². The van der Waals surface area contributed by atoms with Crippen molar-refractivity contribution in [1.82, 2.24) is 9.88 Å². The predicted octanol–water partition coefficient (Wildman–Crippen LogP) is 3.41. The number of carbonyl (C=O) groups is 2. The first-order chi connectivity index (χ1) is 10.0. The predicted molar refractivity (Wildman–Crippen MR) is 84.8 cm³/mol. The fourth-order valence-electron chi connectivity index (χ4n) is 2.50. The Morgan fingerprint density at radius 2 is 2.24 bits per heavy atom. The summed E-state index contributed by atoms with van der Waals surface area (Å²) in [5, 5.41) is 4.35. The first-order valence-corrected chi connectivity index (χ1v) is 7.46. The lowest BCUT2D eigenvalue weighted by atomic mass is 10.2. The van der Waals surface area contributed by atoms with E-state index in [0.717, 1.165) is 30.0 Å². The molecule has 0 radical (unpaired) electrons. The van der Waals surface area contributed by atoms with Crippen molar-refractivity contribution in [2.45, 2.75) is 39.3 Å². The number of halogens is 1. The van der Waals surface area contributed by atoms with Crippen LogP contribution in [0.5, 0.6) is 0 Å². The van der Waals surface area contributed by atoms with Gasteiger partial charge in [0.2, 0.25) is 5.91 Å². The molecule has 2 aromatic rings. The Morgan fingerprint density at radius 1 is 1.48 bits per heavy atom. The van der Waals surface area contributed by atoms with Crippen molar-refractivity contribution < 1.29 is 9.59 Å². The summed E-state index contributed by atoms with van der Waals surface area (Å²) in [5.41, 5.74) is 1.36. The molecule has 112 valence electrons. The van der Waals surface area contributed by atoms with Crippen LogP contribution in [0.25, 0.3) is 10.9 Å². The Balaban J connectivity index is 2.23. The molecule has 1 amide bonds. The van der Waals surface area contributed by atoms with Gasteiger partial charge >= 0.3 is 0 Å². The van der Waals surface area contributed by atoms with E-state index in [9.17, 15) is 9.59 Å². The zero-order valence-electron chi connectivity index (χ0n) is 12.2. The van der Waals surface area contributed by atoms with Crippen LogP contribution < -0.4 is 5.32 Å². The zero-order chi connectivity index (χ0) is 15.4. The van der Waals surface area contributed by atoms with Crippen LogP contribution in [-0.4, -0.2) is 22.8 Å². The van der Waals surface area contributed by atoms with Crippen LogP contribution in [0.15, 0.2) is 24.4 Å². The summed E-state index contributed by atoms with van der Waals surface area (Å²) in [5.74, 6) is -0.0646. The number of benzene rings is 1. The van der Waals surface area contributed by atoms with Crippen molar-refractivity contribution in [3.63, 3.8) is 0 Å². The molecule has 2 rings (SSSR count). The third kappa shape index (κ3) is 3.64. The molecule has 4 nitrogen and oxygen atoms in total. The monoisotopic (exact) mass is 306 g/mol. The minimum Gasteiger partial charge on any atom is -0.352 e. The van der Waals surface area contributed by atoms with Crippen LogP contribution in [0.4, 0.5) is 0 Å². The van der Waals surface area contributed by atoms with Crippen LogP contribution in [0.1, 0.15) is 37.0 Å². The maximum absolute atomic E-state index is 12.1. The van der Waals surface area contributed by atoms with Crippen LogP contribution in [-0.2, 0) is 11.3 Å². The largest absolute Gasteiger partial charge is 0.352 e. The quantitative estimate of drug-likeness (QED) is 0.831. The number of aromatic nitrogens is 1. The maximum Gasteiger partial charge on any atom is 0.240 e. The second-order valence-corrected chi connectivity index (χ2v) is 5.69. The Bertz CT molecular complexity index is 664. The summed E-state index contributed by atoms with van der Waals surface area (Å²) >= 11 is 6.00. The highest BCUT2D eigenvalue weighted by Gasteiger charge is 2.12. The molecule has 0 fully saturated rings. The zero-order valence-corrected chi connectivity index (χ0v) is 13.0. The molecular weight excluding hydrogens is 288 g/mol. The van der Waals surface area contributed by atoms with Crippen molar-refractivity contribution in [2.75, 3.05) is 0 Å². The molecule has 1 aromatic carbocycles. The van der Waals surface area contributed by atoms with Gasteiger partial charge in [0.1, 0.15) is 6.54 Å². The second kappa shape index (κ2) is 6.76. The molecule has 1 heterocycles. The molecule has 0 saturated heterocycles. The lowest BCUT2D eigenvalue weighted by molar-refractivity contribution is -0.122. The number of nitrogens with zero attached hydrogens (tertiary/aromatic N) is 1. The first kappa shape index (κ1) is 15.6. The Hall–Kier alpha value is -1.81. The van der Waals surface area contributed by atoms with Crippen molar-refractivity contribution in [3.05, 3.63) is 35.0 Å². The highest BCUT2D eigenvalue weighted by atomic mass is 35.5. The van der Waals surface area contributed by atoms with Gasteiger partial charge in [0.25, 0.3) is 0 Å². The molecule has 5 heteroatoms. The van der Waals surface area contributed by atoms with Gasteiger partial charge in [-0.1, -0.05) is 31.0 Å². The van der Waals surface area contributed by atoms with E-state index in [1.807, 2.05) is 6.92 Å². The van der Waals surface area contributed by atoms with Crippen molar-refractivity contribution in [2.24, 2.45) is 0 Å². The Kier molecular flexibility index (Phi) is 5.02. The van der Waals surface area contributed by atoms with Gasteiger partial charge in [-0.3, -0.25) is 9.59 Å². The van der Waals surface area contributed by atoms with Gasteiger partial charge in [0.15, 0.2) is 6.29 Å². The normalized spacial score (nSPS) is 12.3. The fourth-order valence-corrected chi connectivity index (χ4v) is 2.66. The van der Waals surface area contributed by atoms with Crippen molar-refractivity contribution >= 4 is 34.7 Å². The smallest absolute Gasteiger partial charge is 0.240 e. The molecule has 1 aromatic heterocycles. The average molecular weight is 307 g/mol. The summed E-state index contributed by atoms with van der Waals surface area (Å²) in [4.78, 5) is 23.2. The number of aldehydes is 1. The Labute approximate surface area is 129 Å². The summed E-state index contributed by atoms with van der Waals surface area (Å²) < 4.78 is 1.76. The molecule has 0 aliphatic rings. The lowest BCUT2D eigenvalue weighted by Crippen LogP contribution is -2.34. The third-order valence-corrected chi connectivity index (χ3v) is 3.68. The Morgan fingerprint density at radius 3 is 2.90 bits per heavy atom. The molecule has 1 unspecified atom stereocenters. The number of rotatable bonds is 6. The van der Waals surface area contributed by atoms with E-state index in [2.05, 4.69) is 12.2 Å². The maximum atomic E-state index is 12.1. The fraction of sp³-hybridized carbons (Fsp3) is 0.375. The summed E-state index contributed by atoms with van der Waals surface area (Å²) in [6, 6.07) is 5.46. The first-order valence-electron chi connectivity index (χ1n) is 7.08. The minimum atomic E-state index is -0.0646. The lowest BCUT2D eigenvalue weighted by Gasteiger charge is -2.13. The van der Waals surface area contributed by atoms with E-state index in [4.69, 9.17) is 11.6 Å². The van der Waals surface area contributed by atoms with E-state index < -0.39 is 0 Å². The highest BCUT2D eigenvalue weighted by molar-refractivity contribution is 6.31. The van der Waals surface area contributed by atoms with Crippen LogP contribution in [0.2, 0.25) is 5.02 Å². The highest BCUT2D eigenvalue weighted by Crippen LogP contribution is 2.23. The summed E-state index contributed by atoms with van der Waals surface area (Å²) in [6.45, 7) is 4.25. The second-order valence-electron chi connectivity index (χ2n) is 5.25. The minimum absolute atomic E-state index is 0.0646. The summed E-state index contributed by atoms with van der Waals surface area (Å²) in [6.07, 6.45) is 4.46.